The Balaban J connectivity index is 2.24. The first-order valence-corrected chi connectivity index (χ1v) is 15.4. The number of carbonyl (C=O) groups excluding carboxylic acids is 1. The molecule has 0 spiro atoms. The SMILES string of the molecule is O=C(c1ccc(OCCCCCO)cc1OCCCCCO)c1ccc(OCCCCCO)cc1OCCCCCO. The fraction of sp³-hybridized carbons (Fsp3) is 0.606. The summed E-state index contributed by atoms with van der Waals surface area (Å²) in [6, 6.07) is 10.4. The van der Waals surface area contributed by atoms with Crippen LogP contribution in [0.5, 0.6) is 23.0 Å². The van der Waals surface area contributed by atoms with Gasteiger partial charge in [-0.05, 0) is 101 Å². The van der Waals surface area contributed by atoms with E-state index in [0.29, 0.717) is 73.4 Å². The first-order chi connectivity index (χ1) is 20.6. The molecule has 0 bridgehead atoms. The van der Waals surface area contributed by atoms with Crippen LogP contribution in [0.2, 0.25) is 0 Å². The van der Waals surface area contributed by atoms with Crippen LogP contribution in [-0.4, -0.2) is 79.1 Å². The van der Waals surface area contributed by atoms with E-state index in [2.05, 4.69) is 0 Å². The van der Waals surface area contributed by atoms with E-state index < -0.39 is 0 Å². The number of rotatable bonds is 26. The van der Waals surface area contributed by atoms with E-state index in [-0.39, 0.29) is 32.2 Å². The number of aliphatic hydroxyl groups is 4. The van der Waals surface area contributed by atoms with E-state index in [9.17, 15) is 4.79 Å². The van der Waals surface area contributed by atoms with Gasteiger partial charge < -0.3 is 39.4 Å². The van der Waals surface area contributed by atoms with Crippen molar-refractivity contribution in [3.63, 3.8) is 0 Å². The third kappa shape index (κ3) is 13.9. The Labute approximate surface area is 250 Å². The molecule has 0 radical (unpaired) electrons. The van der Waals surface area contributed by atoms with Crippen molar-refractivity contribution in [1.82, 2.24) is 0 Å². The minimum Gasteiger partial charge on any atom is -0.493 e. The van der Waals surface area contributed by atoms with E-state index >= 15 is 0 Å². The Bertz CT molecular complexity index is 918. The van der Waals surface area contributed by atoms with Crippen molar-refractivity contribution in [3.05, 3.63) is 47.5 Å². The summed E-state index contributed by atoms with van der Waals surface area (Å²) in [7, 11) is 0. The molecule has 0 unspecified atom stereocenters. The predicted octanol–water partition coefficient (Wildman–Crippen LogP) is 5.08. The minimum atomic E-state index is -0.241. The van der Waals surface area contributed by atoms with Crippen molar-refractivity contribution < 1.29 is 44.2 Å². The lowest BCUT2D eigenvalue weighted by Gasteiger charge is -2.16. The third-order valence-corrected chi connectivity index (χ3v) is 6.66. The summed E-state index contributed by atoms with van der Waals surface area (Å²) >= 11 is 0. The van der Waals surface area contributed by atoms with Crippen LogP contribution in [0.3, 0.4) is 0 Å². The Morgan fingerprint density at radius 1 is 0.452 bits per heavy atom. The molecule has 0 atom stereocenters. The average molecular weight is 591 g/mol. The lowest BCUT2D eigenvalue weighted by atomic mass is 10.0. The van der Waals surface area contributed by atoms with Crippen LogP contribution in [0.25, 0.3) is 0 Å². The van der Waals surface area contributed by atoms with Crippen molar-refractivity contribution in [3.8, 4) is 23.0 Å². The smallest absolute Gasteiger partial charge is 0.200 e. The molecule has 0 aromatic heterocycles. The molecule has 0 aliphatic heterocycles. The minimum absolute atomic E-state index is 0.133. The number of benzene rings is 2. The first kappa shape index (κ1) is 35.3. The molecule has 2 aromatic carbocycles. The van der Waals surface area contributed by atoms with Crippen LogP contribution in [-0.2, 0) is 0 Å². The molecule has 0 saturated heterocycles. The first-order valence-electron chi connectivity index (χ1n) is 15.4. The second-order valence-corrected chi connectivity index (χ2v) is 10.2. The Kier molecular flexibility index (Phi) is 19.1. The molecule has 42 heavy (non-hydrogen) atoms. The van der Waals surface area contributed by atoms with Gasteiger partial charge in [0.05, 0.1) is 37.6 Å². The fourth-order valence-electron chi connectivity index (χ4n) is 4.25. The number of hydrogen-bond donors (Lipinski definition) is 4. The van der Waals surface area contributed by atoms with Gasteiger partial charge in [-0.3, -0.25) is 4.79 Å². The largest absolute Gasteiger partial charge is 0.493 e. The molecule has 2 aromatic rings. The highest BCUT2D eigenvalue weighted by Gasteiger charge is 2.21. The lowest BCUT2D eigenvalue weighted by molar-refractivity contribution is 0.103. The van der Waals surface area contributed by atoms with E-state index in [1.807, 2.05) is 0 Å². The molecule has 0 heterocycles. The Morgan fingerprint density at radius 3 is 1.12 bits per heavy atom. The molecule has 236 valence electrons. The summed E-state index contributed by atoms with van der Waals surface area (Å²) in [6.07, 6.45) is 9.34. The van der Waals surface area contributed by atoms with E-state index in [1.165, 1.54) is 0 Å². The summed E-state index contributed by atoms with van der Waals surface area (Å²) in [5.74, 6) is 1.82. The van der Waals surface area contributed by atoms with Crippen molar-refractivity contribution >= 4 is 5.78 Å². The number of ether oxygens (including phenoxy) is 4. The zero-order valence-corrected chi connectivity index (χ0v) is 24.9. The van der Waals surface area contributed by atoms with Crippen LogP contribution in [0.1, 0.15) is 93.0 Å². The molecule has 0 saturated carbocycles. The normalized spacial score (nSPS) is 11.0. The summed E-state index contributed by atoms with van der Waals surface area (Å²) < 4.78 is 23.9. The lowest BCUT2D eigenvalue weighted by Crippen LogP contribution is -2.10. The average Bonchev–Trinajstić information content (AvgIpc) is 3.00. The summed E-state index contributed by atoms with van der Waals surface area (Å²) in [5, 5.41) is 36.1. The fourth-order valence-corrected chi connectivity index (χ4v) is 4.25. The molecule has 0 fully saturated rings. The maximum Gasteiger partial charge on any atom is 0.200 e. The van der Waals surface area contributed by atoms with Crippen LogP contribution >= 0.6 is 0 Å². The van der Waals surface area contributed by atoms with Gasteiger partial charge in [0.2, 0.25) is 0 Å². The van der Waals surface area contributed by atoms with Crippen molar-refractivity contribution in [2.75, 3.05) is 52.9 Å². The molecule has 9 nitrogen and oxygen atoms in total. The molecule has 2 rings (SSSR count). The molecule has 0 aliphatic carbocycles. The van der Waals surface area contributed by atoms with Gasteiger partial charge in [0.1, 0.15) is 23.0 Å². The van der Waals surface area contributed by atoms with Crippen molar-refractivity contribution in [2.45, 2.75) is 77.0 Å². The quantitative estimate of drug-likeness (QED) is 0.0873. The molecular formula is C33H50O9. The van der Waals surface area contributed by atoms with Gasteiger partial charge in [0.15, 0.2) is 5.78 Å². The Morgan fingerprint density at radius 2 is 0.786 bits per heavy atom. The number of hydrogen-bond acceptors (Lipinski definition) is 9. The molecule has 0 aliphatic rings. The van der Waals surface area contributed by atoms with Gasteiger partial charge in [0.25, 0.3) is 0 Å². The van der Waals surface area contributed by atoms with E-state index in [4.69, 9.17) is 39.4 Å². The van der Waals surface area contributed by atoms with Gasteiger partial charge in [0, 0.05) is 38.6 Å². The number of ketones is 1. The highest BCUT2D eigenvalue weighted by Crippen LogP contribution is 2.32. The molecule has 4 N–H and O–H groups in total. The predicted molar refractivity (Wildman–Crippen MR) is 162 cm³/mol. The van der Waals surface area contributed by atoms with Crippen LogP contribution in [0.15, 0.2) is 36.4 Å². The van der Waals surface area contributed by atoms with Crippen molar-refractivity contribution in [1.29, 1.82) is 0 Å². The third-order valence-electron chi connectivity index (χ3n) is 6.66. The number of aliphatic hydroxyl groups excluding tert-OH is 4. The maximum atomic E-state index is 13.9. The van der Waals surface area contributed by atoms with Gasteiger partial charge >= 0.3 is 0 Å². The van der Waals surface area contributed by atoms with Gasteiger partial charge in [-0.25, -0.2) is 0 Å². The van der Waals surface area contributed by atoms with Gasteiger partial charge in [-0.2, -0.15) is 0 Å². The molecular weight excluding hydrogens is 540 g/mol. The van der Waals surface area contributed by atoms with E-state index in [1.54, 1.807) is 36.4 Å². The summed E-state index contributed by atoms with van der Waals surface area (Å²) in [4.78, 5) is 13.9. The highest BCUT2D eigenvalue weighted by atomic mass is 16.5. The van der Waals surface area contributed by atoms with Crippen LogP contribution < -0.4 is 18.9 Å². The monoisotopic (exact) mass is 590 g/mol. The topological polar surface area (TPSA) is 135 Å². The van der Waals surface area contributed by atoms with Gasteiger partial charge in [-0.15, -0.1) is 0 Å². The molecule has 9 heteroatoms. The van der Waals surface area contributed by atoms with Gasteiger partial charge in [-0.1, -0.05) is 0 Å². The second kappa shape index (κ2) is 22.7. The second-order valence-electron chi connectivity index (χ2n) is 10.2. The highest BCUT2D eigenvalue weighted by molar-refractivity contribution is 6.12. The summed E-state index contributed by atoms with van der Waals surface area (Å²) in [6.45, 7) is 2.39. The number of carbonyl (C=O) groups is 1. The number of unbranched alkanes of at least 4 members (excludes halogenated alkanes) is 8. The van der Waals surface area contributed by atoms with Crippen LogP contribution in [0.4, 0.5) is 0 Å². The zero-order valence-electron chi connectivity index (χ0n) is 24.9. The maximum absolute atomic E-state index is 13.9. The molecule has 0 amide bonds. The zero-order chi connectivity index (χ0) is 30.3. The summed E-state index contributed by atoms with van der Waals surface area (Å²) in [5.41, 5.74) is 0.792. The standard InChI is InChI=1S/C33H50O9/c34-17-5-1-9-21-39-27-13-15-29(31(25-27)41-23-11-3-7-19-36)33(38)30-16-14-28(40-22-10-2-6-18-35)26-32(30)42-24-12-4-8-20-37/h13-16,25-26,34-37H,1-12,17-24H2. The van der Waals surface area contributed by atoms with Crippen LogP contribution in [0, 0.1) is 0 Å². The van der Waals surface area contributed by atoms with Crippen molar-refractivity contribution in [2.24, 2.45) is 0 Å². The Hall–Kier alpha value is -2.85. The van der Waals surface area contributed by atoms with E-state index in [0.717, 1.165) is 64.2 Å².